The van der Waals surface area contributed by atoms with Gasteiger partial charge in [-0.25, -0.2) is 9.78 Å². The molecule has 238 valence electrons. The standard InChI is InChI=1S/C38H38N6O3/c1-23(2)35(43-38(46)47-3)37(45)44-17-7-10-34(44)36-40-22-33(42-36)27-14-12-24-18-26(13-11-25(24)19-27)30-21-31-28(15-16-39-31)20-32(30)41-29-8-5-4-6-9-29/h4-6,8-9,11-14,16,18-23,34-35,41H,7,10,15,17H2,1-3H3,(H,40,42)(H,43,46)/t34-,35-/m0/s1. The number of anilines is 2. The van der Waals surface area contributed by atoms with Crippen LogP contribution >= 0.6 is 0 Å². The summed E-state index contributed by atoms with van der Waals surface area (Å²) in [5, 5.41) is 8.58. The van der Waals surface area contributed by atoms with Crippen LogP contribution in [0.2, 0.25) is 0 Å². The molecule has 1 fully saturated rings. The van der Waals surface area contributed by atoms with Crippen LogP contribution in [0.3, 0.4) is 0 Å². The summed E-state index contributed by atoms with van der Waals surface area (Å²) in [7, 11) is 1.30. The summed E-state index contributed by atoms with van der Waals surface area (Å²) in [6.45, 7) is 4.44. The van der Waals surface area contributed by atoms with Crippen molar-refractivity contribution >= 4 is 46.0 Å². The number of ether oxygens (including phenoxy) is 1. The van der Waals surface area contributed by atoms with Gasteiger partial charge in [0.05, 0.1) is 30.7 Å². The summed E-state index contributed by atoms with van der Waals surface area (Å²) < 4.78 is 4.76. The smallest absolute Gasteiger partial charge is 0.407 e. The van der Waals surface area contributed by atoms with Crippen molar-refractivity contribution in [2.75, 3.05) is 19.0 Å². The number of H-pyrrole nitrogens is 1. The number of alkyl carbamates (subject to hydrolysis) is 1. The molecule has 47 heavy (non-hydrogen) atoms. The molecule has 0 unspecified atom stereocenters. The van der Waals surface area contributed by atoms with E-state index < -0.39 is 12.1 Å². The number of carbonyl (C=O) groups is 2. The first kappa shape index (κ1) is 30.2. The quantitative estimate of drug-likeness (QED) is 0.162. The van der Waals surface area contributed by atoms with Crippen LogP contribution in [-0.2, 0) is 16.0 Å². The van der Waals surface area contributed by atoms with Gasteiger partial charge in [-0.15, -0.1) is 0 Å². The van der Waals surface area contributed by atoms with E-state index >= 15 is 0 Å². The van der Waals surface area contributed by atoms with Crippen molar-refractivity contribution < 1.29 is 14.3 Å². The zero-order valence-electron chi connectivity index (χ0n) is 26.8. The van der Waals surface area contributed by atoms with Gasteiger partial charge in [0.15, 0.2) is 0 Å². The number of aromatic nitrogens is 2. The van der Waals surface area contributed by atoms with Gasteiger partial charge < -0.3 is 25.3 Å². The number of benzene rings is 4. The molecule has 0 aliphatic carbocycles. The van der Waals surface area contributed by atoms with E-state index in [0.717, 1.165) is 75.3 Å². The van der Waals surface area contributed by atoms with Gasteiger partial charge in [0.1, 0.15) is 11.9 Å². The fraction of sp³-hybridized carbons (Fsp3) is 0.263. The lowest BCUT2D eigenvalue weighted by Crippen LogP contribution is -2.51. The third-order valence-electron chi connectivity index (χ3n) is 9.11. The van der Waals surface area contributed by atoms with Crippen molar-refractivity contribution in [1.82, 2.24) is 20.2 Å². The van der Waals surface area contributed by atoms with E-state index in [2.05, 4.69) is 81.3 Å². The molecule has 1 saturated heterocycles. The molecule has 5 aromatic rings. The number of nitrogens with zero attached hydrogens (tertiary/aromatic N) is 3. The SMILES string of the molecule is COC(=O)N[C@H](C(=O)N1CCC[C@H]1c1ncc(-c2ccc3cc(-c4cc5c(cc4Nc4ccccc4)CC=N5)ccc3c2)[nH]1)C(C)C. The molecule has 9 nitrogen and oxygen atoms in total. The highest BCUT2D eigenvalue weighted by Crippen LogP contribution is 2.40. The van der Waals surface area contributed by atoms with Gasteiger partial charge in [-0.2, -0.15) is 0 Å². The average Bonchev–Trinajstić information content (AvgIpc) is 3.87. The number of likely N-dealkylation sites (tertiary alicyclic amines) is 1. The molecule has 0 spiro atoms. The number of methoxy groups -OCH3 is 1. The second kappa shape index (κ2) is 12.7. The van der Waals surface area contributed by atoms with Gasteiger partial charge in [-0.05, 0) is 77.1 Å². The topological polar surface area (TPSA) is 112 Å². The Morgan fingerprint density at radius 2 is 1.74 bits per heavy atom. The van der Waals surface area contributed by atoms with Crippen molar-refractivity contribution in [2.24, 2.45) is 10.9 Å². The number of para-hydroxylation sites is 1. The predicted octanol–water partition coefficient (Wildman–Crippen LogP) is 7.94. The third kappa shape index (κ3) is 6.08. The number of hydrogen-bond acceptors (Lipinski definition) is 6. The van der Waals surface area contributed by atoms with Gasteiger partial charge in [-0.3, -0.25) is 9.79 Å². The van der Waals surface area contributed by atoms with E-state index in [4.69, 9.17) is 9.72 Å². The number of hydrogen-bond donors (Lipinski definition) is 3. The van der Waals surface area contributed by atoms with Crippen LogP contribution in [0, 0.1) is 5.92 Å². The highest BCUT2D eigenvalue weighted by Gasteiger charge is 2.37. The summed E-state index contributed by atoms with van der Waals surface area (Å²) in [5.74, 6) is 0.542. The molecule has 0 saturated carbocycles. The monoisotopic (exact) mass is 626 g/mol. The zero-order valence-corrected chi connectivity index (χ0v) is 26.8. The lowest BCUT2D eigenvalue weighted by Gasteiger charge is -2.30. The van der Waals surface area contributed by atoms with Gasteiger partial charge in [0, 0.05) is 41.7 Å². The van der Waals surface area contributed by atoms with Gasteiger partial charge >= 0.3 is 6.09 Å². The Morgan fingerprint density at radius 1 is 0.979 bits per heavy atom. The van der Waals surface area contributed by atoms with Crippen LogP contribution < -0.4 is 10.6 Å². The van der Waals surface area contributed by atoms with Crippen molar-refractivity contribution in [1.29, 1.82) is 0 Å². The molecule has 4 aromatic carbocycles. The number of amides is 2. The molecule has 0 radical (unpaired) electrons. The zero-order chi connectivity index (χ0) is 32.5. The van der Waals surface area contributed by atoms with E-state index in [-0.39, 0.29) is 17.9 Å². The highest BCUT2D eigenvalue weighted by molar-refractivity contribution is 5.94. The molecule has 3 N–H and O–H groups in total. The fourth-order valence-electron chi connectivity index (χ4n) is 6.60. The van der Waals surface area contributed by atoms with E-state index in [0.29, 0.717) is 6.54 Å². The maximum Gasteiger partial charge on any atom is 0.407 e. The van der Waals surface area contributed by atoms with Crippen LogP contribution in [0.5, 0.6) is 0 Å². The summed E-state index contributed by atoms with van der Waals surface area (Å²) in [4.78, 5) is 40.1. The largest absolute Gasteiger partial charge is 0.453 e. The molecule has 1 aromatic heterocycles. The van der Waals surface area contributed by atoms with Crippen molar-refractivity contribution in [3.63, 3.8) is 0 Å². The second-order valence-electron chi connectivity index (χ2n) is 12.5. The van der Waals surface area contributed by atoms with Crippen LogP contribution in [-0.4, -0.2) is 52.8 Å². The minimum Gasteiger partial charge on any atom is -0.453 e. The summed E-state index contributed by atoms with van der Waals surface area (Å²) in [6, 6.07) is 26.7. The van der Waals surface area contributed by atoms with Crippen LogP contribution in [0.1, 0.15) is 44.1 Å². The number of imidazole rings is 1. The minimum atomic E-state index is -0.669. The van der Waals surface area contributed by atoms with E-state index in [1.165, 1.54) is 12.7 Å². The number of fused-ring (bicyclic) bond motifs is 2. The average molecular weight is 627 g/mol. The molecule has 9 heteroatoms. The Labute approximate surface area is 274 Å². The van der Waals surface area contributed by atoms with E-state index in [1.54, 1.807) is 0 Å². The molecule has 3 heterocycles. The van der Waals surface area contributed by atoms with Crippen LogP contribution in [0.15, 0.2) is 90.1 Å². The van der Waals surface area contributed by atoms with Crippen molar-refractivity contribution in [2.45, 2.75) is 45.2 Å². The molecule has 2 aliphatic heterocycles. The summed E-state index contributed by atoms with van der Waals surface area (Å²) in [5.41, 5.74) is 8.47. The molecule has 2 amide bonds. The Morgan fingerprint density at radius 3 is 2.51 bits per heavy atom. The maximum absolute atomic E-state index is 13.5. The van der Waals surface area contributed by atoms with Crippen LogP contribution in [0.4, 0.5) is 21.9 Å². The van der Waals surface area contributed by atoms with Gasteiger partial charge in [0.25, 0.3) is 0 Å². The minimum absolute atomic E-state index is 0.0870. The normalized spacial score (nSPS) is 16.0. The van der Waals surface area contributed by atoms with Crippen molar-refractivity contribution in [3.05, 3.63) is 96.4 Å². The van der Waals surface area contributed by atoms with E-state index in [1.807, 2.05) is 49.4 Å². The first-order valence-electron chi connectivity index (χ1n) is 16.1. The van der Waals surface area contributed by atoms with Crippen LogP contribution in [0.25, 0.3) is 33.2 Å². The molecular formula is C38H38N6O3. The maximum atomic E-state index is 13.5. The second-order valence-corrected chi connectivity index (χ2v) is 12.5. The first-order chi connectivity index (χ1) is 22.9. The summed E-state index contributed by atoms with van der Waals surface area (Å²) in [6.07, 6.45) is 5.71. The Kier molecular flexibility index (Phi) is 8.20. The number of nitrogens with one attached hydrogen (secondary N) is 3. The molecule has 2 aliphatic rings. The number of aromatic amines is 1. The Balaban J connectivity index is 1.14. The first-order valence-corrected chi connectivity index (χ1v) is 16.1. The lowest BCUT2D eigenvalue weighted by atomic mass is 9.96. The molecule has 7 rings (SSSR count). The fourth-order valence-corrected chi connectivity index (χ4v) is 6.60. The van der Waals surface area contributed by atoms with Gasteiger partial charge in [-0.1, -0.05) is 56.3 Å². The molecule has 0 bridgehead atoms. The predicted molar refractivity (Wildman–Crippen MR) is 186 cm³/mol. The lowest BCUT2D eigenvalue weighted by molar-refractivity contribution is -0.135. The van der Waals surface area contributed by atoms with Crippen molar-refractivity contribution in [3.8, 4) is 22.4 Å². The molecular weight excluding hydrogens is 588 g/mol. The molecule has 2 atom stereocenters. The summed E-state index contributed by atoms with van der Waals surface area (Å²) >= 11 is 0. The third-order valence-corrected chi connectivity index (χ3v) is 9.11. The van der Waals surface area contributed by atoms with Gasteiger partial charge in [0.2, 0.25) is 5.91 Å². The number of aliphatic imine (C=N–C) groups is 1. The Hall–Kier alpha value is -5.44. The van der Waals surface area contributed by atoms with E-state index in [9.17, 15) is 9.59 Å². The highest BCUT2D eigenvalue weighted by atomic mass is 16.5. The Bertz CT molecular complexity index is 1980. The number of carbonyl (C=O) groups excluding carboxylic acids is 2. The number of rotatable bonds is 8.